The smallest absolute Gasteiger partial charge is 0.0502 e. The fourth-order valence-electron chi connectivity index (χ4n) is 3.33. The fourth-order valence-corrected chi connectivity index (χ4v) is 3.33. The van der Waals surface area contributed by atoms with Crippen LogP contribution in [0.4, 0.5) is 0 Å². The van der Waals surface area contributed by atoms with Crippen molar-refractivity contribution in [3.8, 4) is 0 Å². The lowest BCUT2D eigenvalue weighted by Gasteiger charge is -2.38. The van der Waals surface area contributed by atoms with Crippen LogP contribution < -0.4 is 5.32 Å². The summed E-state index contributed by atoms with van der Waals surface area (Å²) in [5.74, 6) is 1.60. The van der Waals surface area contributed by atoms with Gasteiger partial charge in [-0.3, -0.25) is 0 Å². The Hall–Kier alpha value is -0.120. The van der Waals surface area contributed by atoms with Gasteiger partial charge in [0.2, 0.25) is 0 Å². The van der Waals surface area contributed by atoms with Crippen LogP contribution in [0.1, 0.15) is 32.6 Å². The third-order valence-corrected chi connectivity index (χ3v) is 4.39. The first-order valence-corrected chi connectivity index (χ1v) is 7.24. The van der Waals surface area contributed by atoms with Crippen molar-refractivity contribution in [2.75, 3.05) is 39.9 Å². The molecule has 2 saturated heterocycles. The Morgan fingerprint density at radius 2 is 2.18 bits per heavy atom. The molecular weight excluding hydrogens is 212 g/mol. The molecule has 0 bridgehead atoms. The van der Waals surface area contributed by atoms with Gasteiger partial charge in [0.15, 0.2) is 0 Å². The summed E-state index contributed by atoms with van der Waals surface area (Å²) in [7, 11) is 1.82. The average Bonchev–Trinajstić information content (AvgIpc) is 2.33. The lowest BCUT2D eigenvalue weighted by Crippen LogP contribution is -2.50. The van der Waals surface area contributed by atoms with Gasteiger partial charge in [0.25, 0.3) is 0 Å². The molecule has 100 valence electrons. The van der Waals surface area contributed by atoms with Crippen molar-refractivity contribution >= 4 is 0 Å². The fraction of sp³-hybridized carbons (Fsp3) is 1.00. The zero-order chi connectivity index (χ0) is 12.1. The van der Waals surface area contributed by atoms with E-state index in [-0.39, 0.29) is 0 Å². The molecule has 2 rings (SSSR count). The first-order valence-electron chi connectivity index (χ1n) is 7.24. The highest BCUT2D eigenvalue weighted by Crippen LogP contribution is 2.20. The van der Waals surface area contributed by atoms with E-state index in [1.807, 2.05) is 7.11 Å². The third kappa shape index (κ3) is 3.94. The van der Waals surface area contributed by atoms with Crippen LogP contribution in [-0.4, -0.2) is 50.8 Å². The van der Waals surface area contributed by atoms with Crippen molar-refractivity contribution in [3.63, 3.8) is 0 Å². The molecule has 0 aromatic carbocycles. The number of ether oxygens (including phenoxy) is 1. The van der Waals surface area contributed by atoms with Crippen LogP contribution in [0, 0.1) is 11.8 Å². The highest BCUT2D eigenvalue weighted by Gasteiger charge is 2.26. The summed E-state index contributed by atoms with van der Waals surface area (Å²) < 4.78 is 5.30. The molecule has 0 aliphatic carbocycles. The van der Waals surface area contributed by atoms with Gasteiger partial charge < -0.3 is 15.0 Å². The van der Waals surface area contributed by atoms with Gasteiger partial charge in [0.05, 0.1) is 6.61 Å². The minimum Gasteiger partial charge on any atom is -0.384 e. The quantitative estimate of drug-likeness (QED) is 0.810. The van der Waals surface area contributed by atoms with Crippen LogP contribution in [0.2, 0.25) is 0 Å². The van der Waals surface area contributed by atoms with Gasteiger partial charge in [-0.2, -0.15) is 0 Å². The van der Waals surface area contributed by atoms with E-state index in [1.165, 1.54) is 51.9 Å². The molecule has 0 amide bonds. The lowest BCUT2D eigenvalue weighted by atomic mass is 9.91. The Bertz CT molecular complexity index is 220. The van der Waals surface area contributed by atoms with Gasteiger partial charge in [-0.25, -0.2) is 0 Å². The molecule has 2 fully saturated rings. The van der Waals surface area contributed by atoms with Crippen molar-refractivity contribution in [1.29, 1.82) is 0 Å². The summed E-state index contributed by atoms with van der Waals surface area (Å²) in [4.78, 5) is 2.65. The lowest BCUT2D eigenvalue weighted by molar-refractivity contribution is 0.0789. The third-order valence-electron chi connectivity index (χ3n) is 4.39. The number of hydrogen-bond acceptors (Lipinski definition) is 3. The van der Waals surface area contributed by atoms with Gasteiger partial charge in [0.1, 0.15) is 0 Å². The molecule has 0 saturated carbocycles. The van der Waals surface area contributed by atoms with Crippen molar-refractivity contribution in [3.05, 3.63) is 0 Å². The van der Waals surface area contributed by atoms with Gasteiger partial charge >= 0.3 is 0 Å². The zero-order valence-corrected chi connectivity index (χ0v) is 11.5. The van der Waals surface area contributed by atoms with Crippen molar-refractivity contribution < 1.29 is 4.74 Å². The maximum Gasteiger partial charge on any atom is 0.0502 e. The minimum atomic E-state index is 0.713. The molecule has 3 heteroatoms. The minimum absolute atomic E-state index is 0.713. The molecular formula is C14H28N2O. The van der Waals surface area contributed by atoms with Crippen molar-refractivity contribution in [2.24, 2.45) is 11.8 Å². The summed E-state index contributed by atoms with van der Waals surface area (Å²) in [6.07, 6.45) is 5.43. The summed E-state index contributed by atoms with van der Waals surface area (Å²) in [6, 6.07) is 0.713. The SMILES string of the molecule is COCC1CCCN(CC2NCCCC2C)C1. The second-order valence-electron chi connectivity index (χ2n) is 5.90. The Labute approximate surface area is 106 Å². The van der Waals surface area contributed by atoms with E-state index in [2.05, 4.69) is 17.1 Å². The van der Waals surface area contributed by atoms with E-state index in [1.54, 1.807) is 0 Å². The predicted octanol–water partition coefficient (Wildman–Crippen LogP) is 1.73. The zero-order valence-electron chi connectivity index (χ0n) is 11.5. The Morgan fingerprint density at radius 1 is 1.29 bits per heavy atom. The second-order valence-corrected chi connectivity index (χ2v) is 5.90. The predicted molar refractivity (Wildman–Crippen MR) is 71.2 cm³/mol. The molecule has 2 aliphatic heterocycles. The first-order chi connectivity index (χ1) is 8.29. The van der Waals surface area contributed by atoms with Crippen molar-refractivity contribution in [1.82, 2.24) is 10.2 Å². The molecule has 0 aromatic rings. The van der Waals surface area contributed by atoms with E-state index < -0.39 is 0 Å². The number of methoxy groups -OCH3 is 1. The highest BCUT2D eigenvalue weighted by atomic mass is 16.5. The molecule has 17 heavy (non-hydrogen) atoms. The molecule has 3 atom stereocenters. The summed E-state index contributed by atoms with van der Waals surface area (Å²) >= 11 is 0. The van der Waals surface area contributed by atoms with Crippen LogP contribution in [0.5, 0.6) is 0 Å². The summed E-state index contributed by atoms with van der Waals surface area (Å²) in [5.41, 5.74) is 0. The Kier molecular flexibility index (Phi) is 5.26. The normalized spacial score (nSPS) is 36.0. The van der Waals surface area contributed by atoms with Crippen LogP contribution in [0.3, 0.4) is 0 Å². The Morgan fingerprint density at radius 3 is 2.94 bits per heavy atom. The standard InChI is InChI=1S/C14H28N2O/c1-12-5-3-7-15-14(12)10-16-8-4-6-13(9-16)11-17-2/h12-15H,3-11H2,1-2H3. The number of likely N-dealkylation sites (tertiary alicyclic amines) is 1. The van der Waals surface area contributed by atoms with E-state index in [0.717, 1.165) is 18.4 Å². The molecule has 2 aliphatic rings. The second kappa shape index (κ2) is 6.72. The van der Waals surface area contributed by atoms with Gasteiger partial charge in [0, 0.05) is 26.2 Å². The number of piperidine rings is 2. The van der Waals surface area contributed by atoms with Gasteiger partial charge in [-0.05, 0) is 50.6 Å². The molecule has 3 nitrogen and oxygen atoms in total. The van der Waals surface area contributed by atoms with E-state index in [4.69, 9.17) is 4.74 Å². The average molecular weight is 240 g/mol. The summed E-state index contributed by atoms with van der Waals surface area (Å²) in [6.45, 7) is 8.30. The molecule has 0 radical (unpaired) electrons. The van der Waals surface area contributed by atoms with E-state index >= 15 is 0 Å². The largest absolute Gasteiger partial charge is 0.384 e. The van der Waals surface area contributed by atoms with Crippen LogP contribution in [0.15, 0.2) is 0 Å². The van der Waals surface area contributed by atoms with Crippen LogP contribution >= 0.6 is 0 Å². The van der Waals surface area contributed by atoms with Crippen molar-refractivity contribution in [2.45, 2.75) is 38.6 Å². The van der Waals surface area contributed by atoms with E-state index in [0.29, 0.717) is 6.04 Å². The van der Waals surface area contributed by atoms with E-state index in [9.17, 15) is 0 Å². The Balaban J connectivity index is 1.77. The van der Waals surface area contributed by atoms with Gasteiger partial charge in [-0.15, -0.1) is 0 Å². The first kappa shape index (κ1) is 13.3. The maximum atomic E-state index is 5.30. The summed E-state index contributed by atoms with van der Waals surface area (Å²) in [5, 5.41) is 3.69. The highest BCUT2D eigenvalue weighted by molar-refractivity contribution is 4.83. The molecule has 1 N–H and O–H groups in total. The number of nitrogens with zero attached hydrogens (tertiary/aromatic N) is 1. The molecule has 0 aromatic heterocycles. The number of hydrogen-bond donors (Lipinski definition) is 1. The molecule has 0 spiro atoms. The topological polar surface area (TPSA) is 24.5 Å². The van der Waals surface area contributed by atoms with Gasteiger partial charge in [-0.1, -0.05) is 6.92 Å². The number of rotatable bonds is 4. The number of nitrogens with one attached hydrogen (secondary N) is 1. The molecule has 2 heterocycles. The van der Waals surface area contributed by atoms with Crippen LogP contribution in [-0.2, 0) is 4.74 Å². The maximum absolute atomic E-state index is 5.30. The van der Waals surface area contributed by atoms with Crippen LogP contribution in [0.25, 0.3) is 0 Å². The monoisotopic (exact) mass is 240 g/mol. The molecule has 3 unspecified atom stereocenters.